The fourth-order valence-corrected chi connectivity index (χ4v) is 3.04. The summed E-state index contributed by atoms with van der Waals surface area (Å²) < 4.78 is 0. The standard InChI is InChI=1S/C17H29N3/c1-14-7-9-15(10-8-14)17(18-2)13-20-11-5-6-16(12-20)19(3)4/h7-10,16-18H,5-6,11-13H2,1-4H3. The summed E-state index contributed by atoms with van der Waals surface area (Å²) in [7, 11) is 6.46. The summed E-state index contributed by atoms with van der Waals surface area (Å²) in [6, 6.07) is 10.1. The van der Waals surface area contributed by atoms with Gasteiger partial charge in [-0.05, 0) is 53.0 Å². The van der Waals surface area contributed by atoms with Crippen molar-refractivity contribution in [2.75, 3.05) is 40.8 Å². The molecular formula is C17H29N3. The molecule has 0 aliphatic carbocycles. The van der Waals surface area contributed by atoms with Gasteiger partial charge in [0.1, 0.15) is 0 Å². The molecule has 2 atom stereocenters. The van der Waals surface area contributed by atoms with Crippen LogP contribution in [-0.4, -0.2) is 56.6 Å². The van der Waals surface area contributed by atoms with E-state index in [0.717, 1.165) is 6.54 Å². The summed E-state index contributed by atoms with van der Waals surface area (Å²) >= 11 is 0. The zero-order chi connectivity index (χ0) is 14.5. The number of rotatable bonds is 5. The largest absolute Gasteiger partial charge is 0.312 e. The third-order valence-corrected chi connectivity index (χ3v) is 4.48. The van der Waals surface area contributed by atoms with E-state index in [9.17, 15) is 0 Å². The molecule has 3 heteroatoms. The molecule has 1 aliphatic heterocycles. The number of piperidine rings is 1. The number of nitrogens with one attached hydrogen (secondary N) is 1. The van der Waals surface area contributed by atoms with Gasteiger partial charge in [0.25, 0.3) is 0 Å². The van der Waals surface area contributed by atoms with E-state index in [-0.39, 0.29) is 0 Å². The Morgan fingerprint density at radius 3 is 2.60 bits per heavy atom. The number of aryl methyl sites for hydroxylation is 1. The van der Waals surface area contributed by atoms with Gasteiger partial charge < -0.3 is 10.2 Å². The SMILES string of the molecule is CNC(CN1CCCC(N(C)C)C1)c1ccc(C)cc1. The molecule has 0 radical (unpaired) electrons. The minimum Gasteiger partial charge on any atom is -0.312 e. The number of benzene rings is 1. The Hall–Kier alpha value is -0.900. The molecule has 0 spiro atoms. The average molecular weight is 275 g/mol. The van der Waals surface area contributed by atoms with E-state index < -0.39 is 0 Å². The van der Waals surface area contributed by atoms with Gasteiger partial charge in [0.05, 0.1) is 0 Å². The van der Waals surface area contributed by atoms with Crippen molar-refractivity contribution < 1.29 is 0 Å². The number of hydrogen-bond acceptors (Lipinski definition) is 3. The van der Waals surface area contributed by atoms with Crippen molar-refractivity contribution in [3.8, 4) is 0 Å². The predicted molar refractivity (Wildman–Crippen MR) is 86.1 cm³/mol. The van der Waals surface area contributed by atoms with Crippen LogP contribution in [0.4, 0.5) is 0 Å². The Bertz CT molecular complexity index is 399. The van der Waals surface area contributed by atoms with E-state index in [1.807, 2.05) is 0 Å². The highest BCUT2D eigenvalue weighted by Crippen LogP contribution is 2.19. The van der Waals surface area contributed by atoms with Crippen molar-refractivity contribution in [3.05, 3.63) is 35.4 Å². The molecule has 3 nitrogen and oxygen atoms in total. The molecular weight excluding hydrogens is 246 g/mol. The molecule has 1 heterocycles. The van der Waals surface area contributed by atoms with Gasteiger partial charge >= 0.3 is 0 Å². The number of nitrogens with zero attached hydrogens (tertiary/aromatic N) is 2. The molecule has 20 heavy (non-hydrogen) atoms. The Morgan fingerprint density at radius 1 is 1.30 bits per heavy atom. The second-order valence-corrected chi connectivity index (χ2v) is 6.27. The molecule has 0 aromatic heterocycles. The Morgan fingerprint density at radius 2 is 2.00 bits per heavy atom. The van der Waals surface area contributed by atoms with Crippen molar-refractivity contribution in [2.24, 2.45) is 0 Å². The van der Waals surface area contributed by atoms with Crippen molar-refractivity contribution in [1.82, 2.24) is 15.1 Å². The summed E-state index contributed by atoms with van der Waals surface area (Å²) in [6.45, 7) is 5.67. The van der Waals surface area contributed by atoms with Crippen LogP contribution in [0.5, 0.6) is 0 Å². The van der Waals surface area contributed by atoms with Crippen molar-refractivity contribution in [3.63, 3.8) is 0 Å². The van der Waals surface area contributed by atoms with Crippen molar-refractivity contribution >= 4 is 0 Å². The molecule has 0 saturated carbocycles. The van der Waals surface area contributed by atoms with Gasteiger partial charge in [-0.3, -0.25) is 4.90 Å². The number of likely N-dealkylation sites (tertiary alicyclic amines) is 1. The molecule has 1 N–H and O–H groups in total. The topological polar surface area (TPSA) is 18.5 Å². The van der Waals surface area contributed by atoms with Gasteiger partial charge in [0, 0.05) is 25.2 Å². The van der Waals surface area contributed by atoms with E-state index >= 15 is 0 Å². The maximum Gasteiger partial charge on any atom is 0.0446 e. The van der Waals surface area contributed by atoms with Crippen LogP contribution >= 0.6 is 0 Å². The van der Waals surface area contributed by atoms with Gasteiger partial charge in [-0.1, -0.05) is 29.8 Å². The molecule has 1 fully saturated rings. The summed E-state index contributed by atoms with van der Waals surface area (Å²) in [5.41, 5.74) is 2.72. The Kier molecular flexibility index (Phi) is 5.58. The predicted octanol–water partition coefficient (Wildman–Crippen LogP) is 2.28. The minimum absolute atomic E-state index is 0.427. The van der Waals surface area contributed by atoms with Gasteiger partial charge in [-0.15, -0.1) is 0 Å². The fourth-order valence-electron chi connectivity index (χ4n) is 3.04. The lowest BCUT2D eigenvalue weighted by molar-refractivity contribution is 0.124. The van der Waals surface area contributed by atoms with Crippen LogP contribution in [0.3, 0.4) is 0 Å². The highest BCUT2D eigenvalue weighted by Gasteiger charge is 2.23. The van der Waals surface area contributed by atoms with Crippen LogP contribution < -0.4 is 5.32 Å². The average Bonchev–Trinajstić information content (AvgIpc) is 2.46. The molecule has 1 aromatic rings. The quantitative estimate of drug-likeness (QED) is 0.889. The molecule has 2 unspecified atom stereocenters. The highest BCUT2D eigenvalue weighted by molar-refractivity contribution is 5.24. The Balaban J connectivity index is 1.97. The van der Waals surface area contributed by atoms with E-state index in [1.54, 1.807) is 0 Å². The van der Waals surface area contributed by atoms with Gasteiger partial charge in [-0.2, -0.15) is 0 Å². The third-order valence-electron chi connectivity index (χ3n) is 4.48. The molecule has 112 valence electrons. The van der Waals surface area contributed by atoms with Gasteiger partial charge in [-0.25, -0.2) is 0 Å². The first kappa shape index (κ1) is 15.5. The lowest BCUT2D eigenvalue weighted by Crippen LogP contribution is -2.47. The van der Waals surface area contributed by atoms with Crippen LogP contribution in [0, 0.1) is 6.92 Å². The smallest absolute Gasteiger partial charge is 0.0446 e. The fraction of sp³-hybridized carbons (Fsp3) is 0.647. The van der Waals surface area contributed by atoms with E-state index in [2.05, 4.69) is 67.4 Å². The minimum atomic E-state index is 0.427. The highest BCUT2D eigenvalue weighted by atomic mass is 15.2. The molecule has 1 saturated heterocycles. The number of likely N-dealkylation sites (N-methyl/N-ethyl adjacent to an activating group) is 2. The summed E-state index contributed by atoms with van der Waals surface area (Å²) in [4.78, 5) is 4.97. The normalized spacial score (nSPS) is 22.1. The summed E-state index contributed by atoms with van der Waals surface area (Å²) in [6.07, 6.45) is 2.64. The zero-order valence-electron chi connectivity index (χ0n) is 13.4. The first-order valence-corrected chi connectivity index (χ1v) is 7.72. The first-order valence-electron chi connectivity index (χ1n) is 7.72. The van der Waals surface area contributed by atoms with Gasteiger partial charge in [0.15, 0.2) is 0 Å². The number of hydrogen-bond donors (Lipinski definition) is 1. The summed E-state index contributed by atoms with van der Waals surface area (Å²) in [5, 5.41) is 3.47. The van der Waals surface area contributed by atoms with E-state index in [4.69, 9.17) is 0 Å². The van der Waals surface area contributed by atoms with E-state index in [0.29, 0.717) is 12.1 Å². The van der Waals surface area contributed by atoms with Crippen LogP contribution in [0.1, 0.15) is 30.0 Å². The van der Waals surface area contributed by atoms with Crippen LogP contribution in [0.15, 0.2) is 24.3 Å². The second-order valence-electron chi connectivity index (χ2n) is 6.27. The zero-order valence-corrected chi connectivity index (χ0v) is 13.4. The molecule has 0 bridgehead atoms. The monoisotopic (exact) mass is 275 g/mol. The molecule has 1 aliphatic rings. The van der Waals surface area contributed by atoms with Crippen molar-refractivity contribution in [1.29, 1.82) is 0 Å². The second kappa shape index (κ2) is 7.21. The van der Waals surface area contributed by atoms with Crippen LogP contribution in [0.2, 0.25) is 0 Å². The lowest BCUT2D eigenvalue weighted by Gasteiger charge is -2.37. The summed E-state index contributed by atoms with van der Waals surface area (Å²) in [5.74, 6) is 0. The maximum absolute atomic E-state index is 3.47. The maximum atomic E-state index is 3.47. The molecule has 1 aromatic carbocycles. The lowest BCUT2D eigenvalue weighted by atomic mass is 10.0. The van der Waals surface area contributed by atoms with E-state index in [1.165, 1.54) is 37.1 Å². The first-order chi connectivity index (χ1) is 9.60. The molecule has 2 rings (SSSR count). The Labute approximate surface area is 124 Å². The third kappa shape index (κ3) is 4.05. The molecule has 0 amide bonds. The van der Waals surface area contributed by atoms with Crippen LogP contribution in [-0.2, 0) is 0 Å². The van der Waals surface area contributed by atoms with Crippen molar-refractivity contribution in [2.45, 2.75) is 31.8 Å². The van der Waals surface area contributed by atoms with Gasteiger partial charge in [0.2, 0.25) is 0 Å². The van der Waals surface area contributed by atoms with Crippen LogP contribution in [0.25, 0.3) is 0 Å².